The molecule has 1 heterocycles. The molecule has 0 saturated heterocycles. The van der Waals surface area contributed by atoms with Gasteiger partial charge in [0.05, 0.1) is 25.1 Å². The summed E-state index contributed by atoms with van der Waals surface area (Å²) in [6, 6.07) is 12.9. The molecule has 7 nitrogen and oxygen atoms in total. The van der Waals surface area contributed by atoms with E-state index in [1.54, 1.807) is 6.07 Å². The van der Waals surface area contributed by atoms with Crippen molar-refractivity contribution in [3.8, 4) is 11.5 Å². The molecule has 0 spiro atoms. The van der Waals surface area contributed by atoms with E-state index in [0.717, 1.165) is 23.1 Å². The van der Waals surface area contributed by atoms with E-state index >= 15 is 0 Å². The summed E-state index contributed by atoms with van der Waals surface area (Å²) >= 11 is 0. The van der Waals surface area contributed by atoms with Crippen LogP contribution in [0.15, 0.2) is 42.5 Å². The topological polar surface area (TPSA) is 84.9 Å². The summed E-state index contributed by atoms with van der Waals surface area (Å²) in [5.41, 5.74) is 2.18. The van der Waals surface area contributed by atoms with Crippen LogP contribution in [0.25, 0.3) is 0 Å². The zero-order valence-corrected chi connectivity index (χ0v) is 19.5. The number of benzene rings is 2. The summed E-state index contributed by atoms with van der Waals surface area (Å²) in [6.07, 6.45) is 0.192. The average Bonchev–Trinajstić information content (AvgIpc) is 2.70. The van der Waals surface area contributed by atoms with Crippen LogP contribution in [0, 0.1) is 0 Å². The molecule has 0 saturated carbocycles. The number of rotatable bonds is 6. The number of nitrogens with one attached hydrogen (secondary N) is 1. The number of sulfonamides is 1. The van der Waals surface area contributed by atoms with Gasteiger partial charge in [0.25, 0.3) is 5.91 Å². The molecule has 8 heteroatoms. The molecule has 1 N–H and O–H groups in total. The van der Waals surface area contributed by atoms with Gasteiger partial charge in [-0.1, -0.05) is 39.0 Å². The van der Waals surface area contributed by atoms with Crippen molar-refractivity contribution in [2.75, 3.05) is 23.7 Å². The second-order valence-electron chi connectivity index (χ2n) is 8.63. The molecule has 0 unspecified atom stereocenters. The minimum atomic E-state index is -3.59. The summed E-state index contributed by atoms with van der Waals surface area (Å²) < 4.78 is 37.6. The summed E-state index contributed by atoms with van der Waals surface area (Å²) in [6.45, 7) is 8.84. The second kappa shape index (κ2) is 8.78. The predicted octanol–water partition coefficient (Wildman–Crippen LogP) is 3.23. The minimum Gasteiger partial charge on any atom is -0.494 e. The van der Waals surface area contributed by atoms with Gasteiger partial charge in [0, 0.05) is 6.54 Å². The van der Waals surface area contributed by atoms with E-state index in [1.165, 1.54) is 4.31 Å². The first-order valence-corrected chi connectivity index (χ1v) is 12.1. The van der Waals surface area contributed by atoms with Gasteiger partial charge in [-0.2, -0.15) is 0 Å². The SMILES string of the molecule is CCOc1cccc(CNC(=O)[C@H]2CN(S(C)(=O)=O)c3cc(C(C)(C)C)ccc3O2)c1. The summed E-state index contributed by atoms with van der Waals surface area (Å²) in [5, 5.41) is 2.84. The molecule has 0 aromatic heterocycles. The maximum absolute atomic E-state index is 12.8. The molecule has 1 aliphatic rings. The zero-order chi connectivity index (χ0) is 22.8. The molecule has 168 valence electrons. The Bertz CT molecular complexity index is 1060. The maximum atomic E-state index is 12.8. The normalized spacial score (nSPS) is 16.3. The molecular formula is C23H30N2O5S. The number of anilines is 1. The first-order chi connectivity index (χ1) is 14.5. The van der Waals surface area contributed by atoms with Gasteiger partial charge in [-0.15, -0.1) is 0 Å². The molecule has 2 aromatic carbocycles. The fourth-order valence-electron chi connectivity index (χ4n) is 3.38. The number of ether oxygens (including phenoxy) is 2. The third kappa shape index (κ3) is 5.50. The van der Waals surface area contributed by atoms with Gasteiger partial charge in [-0.25, -0.2) is 8.42 Å². The van der Waals surface area contributed by atoms with Crippen LogP contribution in [0.3, 0.4) is 0 Å². The fourth-order valence-corrected chi connectivity index (χ4v) is 4.29. The van der Waals surface area contributed by atoms with E-state index in [4.69, 9.17) is 9.47 Å². The molecule has 1 amide bonds. The van der Waals surface area contributed by atoms with Crippen LogP contribution in [0.5, 0.6) is 11.5 Å². The highest BCUT2D eigenvalue weighted by molar-refractivity contribution is 7.92. The lowest BCUT2D eigenvalue weighted by molar-refractivity contribution is -0.127. The molecule has 1 aliphatic heterocycles. The highest BCUT2D eigenvalue weighted by atomic mass is 32.2. The summed E-state index contributed by atoms with van der Waals surface area (Å²) in [5.74, 6) is 0.735. The largest absolute Gasteiger partial charge is 0.494 e. The Kier molecular flexibility index (Phi) is 6.50. The van der Waals surface area contributed by atoms with Crippen molar-refractivity contribution in [1.29, 1.82) is 0 Å². The third-order valence-electron chi connectivity index (χ3n) is 5.06. The Morgan fingerprint density at radius 2 is 1.97 bits per heavy atom. The van der Waals surface area contributed by atoms with Crippen molar-refractivity contribution in [2.24, 2.45) is 0 Å². The van der Waals surface area contributed by atoms with Crippen molar-refractivity contribution in [1.82, 2.24) is 5.32 Å². The quantitative estimate of drug-likeness (QED) is 0.736. The van der Waals surface area contributed by atoms with Gasteiger partial charge in [-0.05, 0) is 47.7 Å². The smallest absolute Gasteiger partial charge is 0.263 e. The molecular weight excluding hydrogens is 416 g/mol. The standard InChI is InChI=1S/C23H30N2O5S/c1-6-29-18-9-7-8-16(12-18)14-24-22(26)21-15-25(31(5,27)28)19-13-17(23(2,3)4)10-11-20(19)30-21/h7-13,21H,6,14-15H2,1-5H3,(H,24,26)/t21-/m1/s1. The van der Waals surface area contributed by atoms with Crippen LogP contribution in [-0.4, -0.2) is 39.8 Å². The maximum Gasteiger partial charge on any atom is 0.263 e. The number of amides is 1. The van der Waals surface area contributed by atoms with Crippen LogP contribution in [0.4, 0.5) is 5.69 Å². The fraction of sp³-hybridized carbons (Fsp3) is 0.435. The van der Waals surface area contributed by atoms with Crippen molar-refractivity contribution in [2.45, 2.75) is 45.8 Å². The van der Waals surface area contributed by atoms with E-state index in [1.807, 2.05) is 43.3 Å². The summed E-state index contributed by atoms with van der Waals surface area (Å²) in [7, 11) is -3.59. The lowest BCUT2D eigenvalue weighted by Crippen LogP contribution is -2.50. The van der Waals surface area contributed by atoms with Gasteiger partial charge in [0.15, 0.2) is 6.10 Å². The Labute approximate surface area is 184 Å². The van der Waals surface area contributed by atoms with Crippen LogP contribution in [0.2, 0.25) is 0 Å². The average molecular weight is 447 g/mol. The number of carbonyl (C=O) groups excluding carboxylic acids is 1. The monoisotopic (exact) mass is 446 g/mol. The molecule has 0 fully saturated rings. The molecule has 1 atom stereocenters. The van der Waals surface area contributed by atoms with Gasteiger partial charge in [0.2, 0.25) is 10.0 Å². The Balaban J connectivity index is 1.79. The number of fused-ring (bicyclic) bond motifs is 1. The van der Waals surface area contributed by atoms with Gasteiger partial charge >= 0.3 is 0 Å². The lowest BCUT2D eigenvalue weighted by atomic mass is 9.86. The molecule has 0 aliphatic carbocycles. The predicted molar refractivity (Wildman–Crippen MR) is 121 cm³/mol. The van der Waals surface area contributed by atoms with Crippen LogP contribution < -0.4 is 19.1 Å². The number of hydrogen-bond acceptors (Lipinski definition) is 5. The minimum absolute atomic E-state index is 0.0791. The Hall–Kier alpha value is -2.74. The van der Waals surface area contributed by atoms with Gasteiger partial charge < -0.3 is 14.8 Å². The van der Waals surface area contributed by atoms with Crippen molar-refractivity contribution >= 4 is 21.6 Å². The van der Waals surface area contributed by atoms with E-state index in [2.05, 4.69) is 26.1 Å². The first-order valence-electron chi connectivity index (χ1n) is 10.3. The zero-order valence-electron chi connectivity index (χ0n) is 18.6. The molecule has 31 heavy (non-hydrogen) atoms. The van der Waals surface area contributed by atoms with E-state index in [0.29, 0.717) is 18.0 Å². The van der Waals surface area contributed by atoms with Crippen LogP contribution in [0.1, 0.15) is 38.8 Å². The van der Waals surface area contributed by atoms with Gasteiger partial charge in [-0.3, -0.25) is 9.10 Å². The second-order valence-corrected chi connectivity index (χ2v) is 10.5. The third-order valence-corrected chi connectivity index (χ3v) is 6.21. The van der Waals surface area contributed by atoms with Crippen LogP contribution in [-0.2, 0) is 26.8 Å². The molecule has 0 radical (unpaired) electrons. The van der Waals surface area contributed by atoms with Crippen LogP contribution >= 0.6 is 0 Å². The first kappa shape index (κ1) is 22.9. The van der Waals surface area contributed by atoms with E-state index < -0.39 is 16.1 Å². The lowest BCUT2D eigenvalue weighted by Gasteiger charge is -2.35. The van der Waals surface area contributed by atoms with Crippen molar-refractivity contribution in [3.63, 3.8) is 0 Å². The summed E-state index contributed by atoms with van der Waals surface area (Å²) in [4.78, 5) is 12.8. The Morgan fingerprint density at radius 3 is 2.61 bits per heavy atom. The highest BCUT2D eigenvalue weighted by Gasteiger charge is 2.35. The number of carbonyl (C=O) groups is 1. The van der Waals surface area contributed by atoms with Gasteiger partial charge in [0.1, 0.15) is 11.5 Å². The Morgan fingerprint density at radius 1 is 1.23 bits per heavy atom. The number of nitrogens with zero attached hydrogens (tertiary/aromatic N) is 1. The highest BCUT2D eigenvalue weighted by Crippen LogP contribution is 2.38. The van der Waals surface area contributed by atoms with E-state index in [9.17, 15) is 13.2 Å². The van der Waals surface area contributed by atoms with Crippen molar-refractivity contribution in [3.05, 3.63) is 53.6 Å². The molecule has 2 aromatic rings. The van der Waals surface area contributed by atoms with E-state index in [-0.39, 0.29) is 24.4 Å². The van der Waals surface area contributed by atoms with Crippen molar-refractivity contribution < 1.29 is 22.7 Å². The molecule has 3 rings (SSSR count). The molecule has 0 bridgehead atoms. The number of hydrogen-bond donors (Lipinski definition) is 1.